The zero-order valence-corrected chi connectivity index (χ0v) is 22.7. The van der Waals surface area contributed by atoms with Crippen LogP contribution in [-0.2, 0) is 33.7 Å². The smallest absolute Gasteiger partial charge is 0.408 e. The lowest BCUT2D eigenvalue weighted by molar-refractivity contribution is -0.138. The molecule has 2 heterocycles. The van der Waals surface area contributed by atoms with Crippen molar-refractivity contribution < 1.29 is 19.1 Å². The summed E-state index contributed by atoms with van der Waals surface area (Å²) >= 11 is 0. The van der Waals surface area contributed by atoms with Gasteiger partial charge < -0.3 is 31.0 Å². The number of aromatic nitrogens is 1. The van der Waals surface area contributed by atoms with Crippen LogP contribution in [0.4, 0.5) is 10.5 Å². The fraction of sp³-hybridized carbons (Fsp3) is 0.414. The third-order valence-corrected chi connectivity index (χ3v) is 6.64. The van der Waals surface area contributed by atoms with E-state index >= 15 is 0 Å². The Bertz CT molecular complexity index is 1350. The number of hydrogen-bond acceptors (Lipinski definition) is 5. The second kappa shape index (κ2) is 10.4. The van der Waals surface area contributed by atoms with E-state index in [-0.39, 0.29) is 12.3 Å². The topological polar surface area (TPSA) is 130 Å². The SMILES string of the molecule is CC(C)(C)OC(=O)NC(C)(C)C(=O)NC(Cc1c[nH]c2ccccc12)C(=O)N1CCc2ccc(N)cc2C1. The van der Waals surface area contributed by atoms with Gasteiger partial charge in [0.05, 0.1) is 0 Å². The standard InChI is InChI=1S/C29H37N5O4/c1-28(2,3)38-27(37)33-29(4,5)26(36)32-24(15-19-16-31-23-9-7-6-8-22(19)23)25(35)34-13-12-18-10-11-21(30)14-20(18)17-34/h6-11,14,16,24,31H,12-13,15,17,30H2,1-5H3,(H,32,36)(H,33,37). The second-order valence-electron chi connectivity index (χ2n) is 11.4. The minimum Gasteiger partial charge on any atom is -0.444 e. The van der Waals surface area contributed by atoms with Gasteiger partial charge in [0.15, 0.2) is 0 Å². The predicted molar refractivity (Wildman–Crippen MR) is 147 cm³/mol. The van der Waals surface area contributed by atoms with E-state index in [0.717, 1.165) is 22.0 Å². The summed E-state index contributed by atoms with van der Waals surface area (Å²) in [6, 6.07) is 12.8. The molecule has 1 aromatic heterocycles. The van der Waals surface area contributed by atoms with Crippen LogP contribution in [0.3, 0.4) is 0 Å². The highest BCUT2D eigenvalue weighted by atomic mass is 16.6. The van der Waals surface area contributed by atoms with E-state index in [0.29, 0.717) is 25.2 Å². The summed E-state index contributed by atoms with van der Waals surface area (Å²) in [7, 11) is 0. The Morgan fingerprint density at radius 2 is 1.82 bits per heavy atom. The van der Waals surface area contributed by atoms with E-state index in [9.17, 15) is 14.4 Å². The number of nitrogen functional groups attached to an aromatic ring is 1. The molecule has 0 spiro atoms. The van der Waals surface area contributed by atoms with Crippen LogP contribution in [0.15, 0.2) is 48.7 Å². The Morgan fingerprint density at radius 1 is 1.08 bits per heavy atom. The number of fused-ring (bicyclic) bond motifs is 2. The zero-order valence-electron chi connectivity index (χ0n) is 22.7. The Kier molecular flexibility index (Phi) is 7.40. The Morgan fingerprint density at radius 3 is 2.55 bits per heavy atom. The highest BCUT2D eigenvalue weighted by molar-refractivity contribution is 5.94. The monoisotopic (exact) mass is 519 g/mol. The lowest BCUT2D eigenvalue weighted by Gasteiger charge is -2.34. The minimum absolute atomic E-state index is 0.190. The number of ether oxygens (including phenoxy) is 1. The van der Waals surface area contributed by atoms with Crippen molar-refractivity contribution in [1.82, 2.24) is 20.5 Å². The molecule has 0 aliphatic carbocycles. The first-order chi connectivity index (χ1) is 17.8. The molecule has 202 valence electrons. The van der Waals surface area contributed by atoms with Crippen molar-refractivity contribution in [2.24, 2.45) is 0 Å². The van der Waals surface area contributed by atoms with Crippen LogP contribution in [0.5, 0.6) is 0 Å². The number of amides is 3. The van der Waals surface area contributed by atoms with E-state index in [4.69, 9.17) is 10.5 Å². The summed E-state index contributed by atoms with van der Waals surface area (Å²) in [6.07, 6.45) is 2.16. The molecule has 38 heavy (non-hydrogen) atoms. The number of para-hydroxylation sites is 1. The maximum absolute atomic E-state index is 13.9. The average molecular weight is 520 g/mol. The van der Waals surface area contributed by atoms with Gasteiger partial charge in [0.25, 0.3) is 0 Å². The number of aromatic amines is 1. The Labute approximate surface area is 223 Å². The van der Waals surface area contributed by atoms with E-state index in [1.807, 2.05) is 48.7 Å². The number of benzene rings is 2. The third-order valence-electron chi connectivity index (χ3n) is 6.64. The third kappa shape index (κ3) is 6.27. The summed E-state index contributed by atoms with van der Waals surface area (Å²) in [5.41, 5.74) is 8.66. The number of rotatable bonds is 6. The molecule has 4 rings (SSSR count). The number of alkyl carbamates (subject to hydrolysis) is 1. The van der Waals surface area contributed by atoms with Gasteiger partial charge in [-0.05, 0) is 75.9 Å². The van der Waals surface area contributed by atoms with Gasteiger partial charge in [-0.1, -0.05) is 24.3 Å². The molecular weight excluding hydrogens is 482 g/mol. The van der Waals surface area contributed by atoms with Crippen molar-refractivity contribution >= 4 is 34.5 Å². The van der Waals surface area contributed by atoms with Crippen molar-refractivity contribution in [3.63, 3.8) is 0 Å². The zero-order chi connectivity index (χ0) is 27.7. The van der Waals surface area contributed by atoms with Crippen LogP contribution in [0.2, 0.25) is 0 Å². The van der Waals surface area contributed by atoms with Crippen LogP contribution < -0.4 is 16.4 Å². The number of anilines is 1. The van der Waals surface area contributed by atoms with Gasteiger partial charge in [0, 0.05) is 42.3 Å². The van der Waals surface area contributed by atoms with E-state index in [2.05, 4.69) is 15.6 Å². The normalized spacial score (nSPS) is 14.5. The number of nitrogens with two attached hydrogens (primary N) is 1. The molecule has 0 bridgehead atoms. The maximum Gasteiger partial charge on any atom is 0.408 e. The van der Waals surface area contributed by atoms with Crippen molar-refractivity contribution in [1.29, 1.82) is 0 Å². The van der Waals surface area contributed by atoms with Gasteiger partial charge in [0.2, 0.25) is 11.8 Å². The number of nitrogens with one attached hydrogen (secondary N) is 3. The Hall–Kier alpha value is -4.01. The first kappa shape index (κ1) is 27.0. The first-order valence-corrected chi connectivity index (χ1v) is 12.9. The molecule has 9 heteroatoms. The van der Waals surface area contributed by atoms with Gasteiger partial charge >= 0.3 is 6.09 Å². The minimum atomic E-state index is -1.32. The van der Waals surface area contributed by atoms with E-state index in [1.165, 1.54) is 5.56 Å². The molecule has 1 aliphatic heterocycles. The summed E-state index contributed by atoms with van der Waals surface area (Å²) in [5.74, 6) is -0.673. The number of carbonyl (C=O) groups is 3. The molecule has 0 radical (unpaired) electrons. The summed E-state index contributed by atoms with van der Waals surface area (Å²) < 4.78 is 5.33. The van der Waals surface area contributed by atoms with Crippen LogP contribution >= 0.6 is 0 Å². The fourth-order valence-electron chi connectivity index (χ4n) is 4.66. The van der Waals surface area contributed by atoms with Crippen molar-refractivity contribution in [2.75, 3.05) is 12.3 Å². The van der Waals surface area contributed by atoms with Gasteiger partial charge in [-0.25, -0.2) is 4.79 Å². The molecule has 1 unspecified atom stereocenters. The maximum atomic E-state index is 13.9. The molecular formula is C29H37N5O4. The lowest BCUT2D eigenvalue weighted by atomic mass is 9.96. The van der Waals surface area contributed by atoms with Gasteiger partial charge in [-0.3, -0.25) is 9.59 Å². The summed E-state index contributed by atoms with van der Waals surface area (Å²) in [6.45, 7) is 9.37. The molecule has 3 aromatic rings. The lowest BCUT2D eigenvalue weighted by Crippen LogP contribution is -2.60. The quantitative estimate of drug-likeness (QED) is 0.369. The molecule has 0 fully saturated rings. The largest absolute Gasteiger partial charge is 0.444 e. The number of carbonyl (C=O) groups excluding carboxylic acids is 3. The summed E-state index contributed by atoms with van der Waals surface area (Å²) in [5, 5.41) is 6.54. The molecule has 0 saturated heterocycles. The molecule has 9 nitrogen and oxygen atoms in total. The first-order valence-electron chi connectivity index (χ1n) is 12.9. The second-order valence-corrected chi connectivity index (χ2v) is 11.4. The van der Waals surface area contributed by atoms with Crippen LogP contribution in [0.25, 0.3) is 10.9 Å². The fourth-order valence-corrected chi connectivity index (χ4v) is 4.66. The number of H-pyrrole nitrogens is 1. The van der Waals surface area contributed by atoms with Crippen LogP contribution in [0, 0.1) is 0 Å². The molecule has 0 saturated carbocycles. The van der Waals surface area contributed by atoms with Crippen LogP contribution in [-0.4, -0.2) is 51.5 Å². The molecule has 1 atom stereocenters. The van der Waals surface area contributed by atoms with Crippen molar-refractivity contribution in [3.05, 3.63) is 65.4 Å². The van der Waals surface area contributed by atoms with Gasteiger partial charge in [-0.15, -0.1) is 0 Å². The molecule has 1 aliphatic rings. The van der Waals surface area contributed by atoms with E-state index < -0.39 is 29.2 Å². The Balaban J connectivity index is 1.57. The highest BCUT2D eigenvalue weighted by Gasteiger charge is 2.36. The predicted octanol–water partition coefficient (Wildman–Crippen LogP) is 3.67. The highest BCUT2D eigenvalue weighted by Crippen LogP contribution is 2.24. The average Bonchev–Trinajstić information content (AvgIpc) is 3.23. The molecule has 5 N–H and O–H groups in total. The van der Waals surface area contributed by atoms with Crippen molar-refractivity contribution in [3.8, 4) is 0 Å². The molecule has 3 amide bonds. The van der Waals surface area contributed by atoms with Gasteiger partial charge in [0.1, 0.15) is 17.2 Å². The number of hydrogen-bond donors (Lipinski definition) is 4. The summed E-state index contributed by atoms with van der Waals surface area (Å²) in [4.78, 5) is 44.7. The number of nitrogens with zero attached hydrogens (tertiary/aromatic N) is 1. The van der Waals surface area contributed by atoms with Crippen LogP contribution in [0.1, 0.15) is 51.3 Å². The molecule has 2 aromatic carbocycles. The van der Waals surface area contributed by atoms with Gasteiger partial charge in [-0.2, -0.15) is 0 Å². The van der Waals surface area contributed by atoms with Crippen molar-refractivity contribution in [2.45, 2.75) is 71.2 Å². The van der Waals surface area contributed by atoms with E-state index in [1.54, 1.807) is 39.5 Å².